The number of benzene rings is 1. The number of methoxy groups -OCH3 is 1. The molecule has 0 aliphatic carbocycles. The Morgan fingerprint density at radius 2 is 1.80 bits per heavy atom. The first-order valence-electron chi connectivity index (χ1n) is 16.3. The number of alkyl carbamates (subject to hydrolysis) is 1. The van der Waals surface area contributed by atoms with Gasteiger partial charge in [-0.25, -0.2) is 23.5 Å². The number of imidazole rings is 1. The zero-order valence-electron chi connectivity index (χ0n) is 28.6. The van der Waals surface area contributed by atoms with Crippen LogP contribution in [0.25, 0.3) is 11.0 Å². The maximum atomic E-state index is 14.7. The molecule has 3 aromatic rings. The zero-order chi connectivity index (χ0) is 37.5. The third-order valence-corrected chi connectivity index (χ3v) is 7.81. The maximum Gasteiger partial charge on any atom is 0.420 e. The average molecular weight is 721 g/mol. The summed E-state index contributed by atoms with van der Waals surface area (Å²) in [5.74, 6) is -1.96. The number of nitrogens with zero attached hydrogens (tertiary/aromatic N) is 4. The zero-order valence-corrected chi connectivity index (χ0v) is 28.6. The molecular weight excluding hydrogens is 680 g/mol. The first-order valence-corrected chi connectivity index (χ1v) is 16.3. The molecule has 0 spiro atoms. The van der Waals surface area contributed by atoms with Gasteiger partial charge in [0.25, 0.3) is 5.56 Å². The van der Waals surface area contributed by atoms with Crippen LogP contribution in [0.5, 0.6) is 0 Å². The van der Waals surface area contributed by atoms with E-state index in [9.17, 15) is 41.5 Å². The molecule has 1 aliphatic heterocycles. The van der Waals surface area contributed by atoms with E-state index in [0.717, 1.165) is 41.2 Å². The van der Waals surface area contributed by atoms with E-state index in [-0.39, 0.29) is 46.9 Å². The Balaban J connectivity index is 1.61. The number of alkyl halides is 3. The molecule has 17 heteroatoms. The number of rotatable bonds is 11. The second-order valence-corrected chi connectivity index (χ2v) is 12.9. The number of carbonyl (C=O) groups excluding carboxylic acids is 4. The van der Waals surface area contributed by atoms with Crippen LogP contribution in [-0.4, -0.2) is 81.0 Å². The SMILES string of the molecule is COC(=O)N[C@@H](CC/C=C/C(=O)N1CCCC1)C(=O)Nc1cccn(Cc2nc3c(CCC(F)(F)F)cc(F)cc3n2C(=O)OC(C)(C)C)c1=O. The van der Waals surface area contributed by atoms with E-state index in [2.05, 4.69) is 20.4 Å². The van der Waals surface area contributed by atoms with Crippen LogP contribution in [0, 0.1) is 5.82 Å². The summed E-state index contributed by atoms with van der Waals surface area (Å²) in [7, 11) is 1.12. The number of hydrogen-bond donors (Lipinski definition) is 2. The van der Waals surface area contributed by atoms with Gasteiger partial charge in [0, 0.05) is 31.8 Å². The fourth-order valence-electron chi connectivity index (χ4n) is 5.43. The van der Waals surface area contributed by atoms with Gasteiger partial charge >= 0.3 is 18.4 Å². The van der Waals surface area contributed by atoms with Crippen molar-refractivity contribution in [2.75, 3.05) is 25.5 Å². The van der Waals surface area contributed by atoms with Gasteiger partial charge in [0.15, 0.2) is 0 Å². The molecule has 2 N–H and O–H groups in total. The maximum absolute atomic E-state index is 14.7. The Morgan fingerprint density at radius 1 is 1.10 bits per heavy atom. The second kappa shape index (κ2) is 16.2. The molecular formula is C34H40F4N6O7. The molecule has 2 aromatic heterocycles. The number of nitrogens with one attached hydrogen (secondary N) is 2. The molecule has 3 heterocycles. The lowest BCUT2D eigenvalue weighted by Crippen LogP contribution is -2.44. The number of aromatic nitrogens is 3. The molecule has 1 aromatic carbocycles. The summed E-state index contributed by atoms with van der Waals surface area (Å²) in [5.41, 5.74) is -2.32. The van der Waals surface area contributed by atoms with Crippen LogP contribution in [-0.2, 0) is 32.0 Å². The first kappa shape index (κ1) is 38.6. The van der Waals surface area contributed by atoms with E-state index < -0.39 is 66.7 Å². The molecule has 1 fully saturated rings. The highest BCUT2D eigenvalue weighted by Crippen LogP contribution is 2.28. The summed E-state index contributed by atoms with van der Waals surface area (Å²) >= 11 is 0. The number of aryl methyl sites for hydroxylation is 1. The summed E-state index contributed by atoms with van der Waals surface area (Å²) < 4.78 is 66.1. The lowest BCUT2D eigenvalue weighted by molar-refractivity contribution is -0.134. The van der Waals surface area contributed by atoms with Crippen molar-refractivity contribution < 1.29 is 46.2 Å². The summed E-state index contributed by atoms with van der Waals surface area (Å²) in [5, 5.41) is 4.90. The van der Waals surface area contributed by atoms with Crippen LogP contribution in [0.4, 0.5) is 32.8 Å². The van der Waals surface area contributed by atoms with E-state index in [1.807, 2.05) is 0 Å². The lowest BCUT2D eigenvalue weighted by atomic mass is 10.1. The van der Waals surface area contributed by atoms with Crippen molar-refractivity contribution in [1.29, 1.82) is 0 Å². The van der Waals surface area contributed by atoms with Gasteiger partial charge < -0.3 is 29.6 Å². The molecule has 0 saturated carbocycles. The molecule has 0 radical (unpaired) electrons. The fraction of sp³-hybridized carbons (Fsp3) is 0.471. The molecule has 4 rings (SSSR count). The minimum absolute atomic E-state index is 0.0544. The number of allylic oxidation sites excluding steroid dienone is 1. The highest BCUT2D eigenvalue weighted by Gasteiger charge is 2.30. The summed E-state index contributed by atoms with van der Waals surface area (Å²) in [4.78, 5) is 70.6. The minimum atomic E-state index is -4.54. The number of likely N-dealkylation sites (tertiary alicyclic amines) is 1. The monoisotopic (exact) mass is 720 g/mol. The van der Waals surface area contributed by atoms with E-state index in [1.54, 1.807) is 31.7 Å². The third kappa shape index (κ3) is 10.6. The van der Waals surface area contributed by atoms with E-state index in [1.165, 1.54) is 24.4 Å². The van der Waals surface area contributed by atoms with Gasteiger partial charge in [0.05, 0.1) is 24.7 Å². The van der Waals surface area contributed by atoms with Gasteiger partial charge in [0.1, 0.15) is 29.0 Å². The molecule has 0 unspecified atom stereocenters. The van der Waals surface area contributed by atoms with Crippen LogP contribution in [0.2, 0.25) is 0 Å². The van der Waals surface area contributed by atoms with E-state index in [4.69, 9.17) is 4.74 Å². The average Bonchev–Trinajstić information content (AvgIpc) is 3.70. The van der Waals surface area contributed by atoms with Crippen LogP contribution in [0.3, 0.4) is 0 Å². The number of ether oxygens (including phenoxy) is 2. The van der Waals surface area contributed by atoms with Gasteiger partial charge in [-0.05, 0) is 82.7 Å². The Kier molecular flexibility index (Phi) is 12.3. The topological polar surface area (TPSA) is 154 Å². The highest BCUT2D eigenvalue weighted by atomic mass is 19.4. The molecule has 3 amide bonds. The van der Waals surface area contributed by atoms with Crippen LogP contribution < -0.4 is 16.2 Å². The number of carbonyl (C=O) groups is 4. The van der Waals surface area contributed by atoms with Crippen LogP contribution in [0.15, 0.2) is 47.4 Å². The number of fused-ring (bicyclic) bond motifs is 1. The number of amides is 3. The van der Waals surface area contributed by atoms with E-state index >= 15 is 0 Å². The molecule has 276 valence electrons. The highest BCUT2D eigenvalue weighted by molar-refractivity contribution is 5.96. The molecule has 13 nitrogen and oxygen atoms in total. The van der Waals surface area contributed by atoms with Crippen LogP contribution >= 0.6 is 0 Å². The normalized spacial score (nSPS) is 14.2. The molecule has 1 atom stereocenters. The molecule has 1 saturated heterocycles. The van der Waals surface area contributed by atoms with Gasteiger partial charge in [0.2, 0.25) is 11.8 Å². The van der Waals surface area contributed by atoms with Gasteiger partial charge in [-0.15, -0.1) is 0 Å². The van der Waals surface area contributed by atoms with Crippen LogP contribution in [0.1, 0.15) is 64.3 Å². The van der Waals surface area contributed by atoms with Crippen molar-refractivity contribution in [2.24, 2.45) is 0 Å². The third-order valence-electron chi connectivity index (χ3n) is 7.81. The number of pyridine rings is 1. The fourth-order valence-corrected chi connectivity index (χ4v) is 5.43. The van der Waals surface area contributed by atoms with Gasteiger partial charge in [-0.3, -0.25) is 14.4 Å². The minimum Gasteiger partial charge on any atom is -0.453 e. The molecule has 1 aliphatic rings. The first-order chi connectivity index (χ1) is 24.0. The number of halogens is 4. The van der Waals surface area contributed by atoms with Gasteiger partial charge in [-0.2, -0.15) is 13.2 Å². The summed E-state index contributed by atoms with van der Waals surface area (Å²) in [6.07, 6.45) is -1.84. The van der Waals surface area contributed by atoms with E-state index in [0.29, 0.717) is 13.1 Å². The Labute approximate surface area is 290 Å². The van der Waals surface area contributed by atoms with Crippen molar-refractivity contribution in [3.63, 3.8) is 0 Å². The Hall–Kier alpha value is -5.22. The smallest absolute Gasteiger partial charge is 0.420 e. The van der Waals surface area contributed by atoms with Crippen molar-refractivity contribution >= 4 is 40.7 Å². The largest absolute Gasteiger partial charge is 0.453 e. The van der Waals surface area contributed by atoms with Gasteiger partial charge in [-0.1, -0.05) is 6.08 Å². The Morgan fingerprint density at radius 3 is 2.45 bits per heavy atom. The predicted octanol–water partition coefficient (Wildman–Crippen LogP) is 5.29. The lowest BCUT2D eigenvalue weighted by Gasteiger charge is -2.20. The predicted molar refractivity (Wildman–Crippen MR) is 178 cm³/mol. The number of anilines is 1. The second-order valence-electron chi connectivity index (χ2n) is 12.9. The quantitative estimate of drug-likeness (QED) is 0.200. The standard InChI is InChI=1S/C34H40F4N6O7/c1-33(2,3)51-32(49)44-25-19-22(35)18-21(13-14-34(36,37)38)28(25)41-26(44)20-43-17-9-11-24(30(43)47)39-29(46)23(40-31(48)50-4)10-5-6-12-27(45)42-15-7-8-16-42/h6,9,11-12,17-19,23H,5,7-8,10,13-16,20H2,1-4H3,(H,39,46)(H,40,48)/b12-6+/t23-/m0/s1. The van der Waals surface area contributed by atoms with Crippen molar-refractivity contribution in [3.8, 4) is 0 Å². The van der Waals surface area contributed by atoms with Crippen molar-refractivity contribution in [1.82, 2.24) is 24.3 Å². The molecule has 51 heavy (non-hydrogen) atoms. The van der Waals surface area contributed by atoms with Crippen molar-refractivity contribution in [2.45, 2.75) is 83.7 Å². The number of hydrogen-bond acceptors (Lipinski definition) is 8. The molecule has 0 bridgehead atoms. The van der Waals surface area contributed by atoms with Crippen molar-refractivity contribution in [3.05, 3.63) is 70.2 Å². The summed E-state index contributed by atoms with van der Waals surface area (Å²) in [6, 6.07) is 3.41. The summed E-state index contributed by atoms with van der Waals surface area (Å²) in [6.45, 7) is 5.67. The Bertz CT molecular complexity index is 1860.